The molecule has 116 valence electrons. The third-order valence-electron chi connectivity index (χ3n) is 3.69. The van der Waals surface area contributed by atoms with Gasteiger partial charge in [-0.25, -0.2) is 8.42 Å². The Bertz CT molecular complexity index is 646. The monoisotopic (exact) mass is 347 g/mol. The lowest BCUT2D eigenvalue weighted by molar-refractivity contribution is 0.156. The van der Waals surface area contributed by atoms with Gasteiger partial charge in [0.25, 0.3) is 0 Å². The first kappa shape index (κ1) is 16.5. The maximum Gasteiger partial charge on any atom is 0.150 e. The summed E-state index contributed by atoms with van der Waals surface area (Å²) in [7, 11) is -3.03. The molecule has 1 aliphatic carbocycles. The summed E-state index contributed by atoms with van der Waals surface area (Å²) < 4.78 is 29.2. The molecule has 0 spiro atoms. The SMILES string of the molecule is CS(=O)(=O)C1CCCC(Oc2ccc(C(N)=S)cc2Cl)C1. The Morgan fingerprint density at radius 3 is 2.71 bits per heavy atom. The lowest BCUT2D eigenvalue weighted by Crippen LogP contribution is -2.33. The summed E-state index contributed by atoms with van der Waals surface area (Å²) in [5, 5.41) is 0.104. The molecule has 0 radical (unpaired) electrons. The summed E-state index contributed by atoms with van der Waals surface area (Å²) in [6, 6.07) is 5.14. The van der Waals surface area contributed by atoms with Gasteiger partial charge in [0.2, 0.25) is 0 Å². The Morgan fingerprint density at radius 1 is 1.43 bits per heavy atom. The molecule has 1 fully saturated rings. The number of hydrogen-bond acceptors (Lipinski definition) is 4. The Kier molecular flexibility index (Phi) is 5.11. The first-order valence-electron chi connectivity index (χ1n) is 6.72. The predicted octanol–water partition coefficient (Wildman–Crippen LogP) is 2.71. The van der Waals surface area contributed by atoms with Crippen molar-refractivity contribution >= 4 is 38.6 Å². The smallest absolute Gasteiger partial charge is 0.150 e. The van der Waals surface area contributed by atoms with Gasteiger partial charge in [-0.3, -0.25) is 0 Å². The van der Waals surface area contributed by atoms with Crippen LogP contribution in [0.3, 0.4) is 0 Å². The standard InChI is InChI=1S/C14H18ClNO3S2/c1-21(17,18)11-4-2-3-10(8-11)19-13-6-5-9(14(16)20)7-12(13)15/h5-7,10-11H,2-4,8H2,1H3,(H2,16,20). The molecule has 1 saturated carbocycles. The molecular weight excluding hydrogens is 330 g/mol. The number of hydrogen-bond donors (Lipinski definition) is 1. The van der Waals surface area contributed by atoms with Gasteiger partial charge >= 0.3 is 0 Å². The number of thiocarbonyl (C=S) groups is 1. The molecule has 0 amide bonds. The molecule has 0 aliphatic heterocycles. The molecule has 4 nitrogen and oxygen atoms in total. The Labute approximate surface area is 135 Å². The van der Waals surface area contributed by atoms with Gasteiger partial charge in [-0.2, -0.15) is 0 Å². The first-order chi connectivity index (χ1) is 9.77. The van der Waals surface area contributed by atoms with E-state index in [0.29, 0.717) is 29.2 Å². The molecule has 2 N–H and O–H groups in total. The van der Waals surface area contributed by atoms with Crippen molar-refractivity contribution in [3.05, 3.63) is 28.8 Å². The van der Waals surface area contributed by atoms with Crippen LogP contribution in [0.25, 0.3) is 0 Å². The maximum absolute atomic E-state index is 11.7. The molecule has 1 aromatic rings. The number of halogens is 1. The van der Waals surface area contributed by atoms with Crippen molar-refractivity contribution in [1.82, 2.24) is 0 Å². The molecule has 1 aromatic carbocycles. The number of rotatable bonds is 4. The van der Waals surface area contributed by atoms with E-state index >= 15 is 0 Å². The minimum atomic E-state index is -3.03. The average molecular weight is 348 g/mol. The van der Waals surface area contributed by atoms with Gasteiger partial charge in [-0.05, 0) is 37.5 Å². The molecule has 1 aliphatic rings. The van der Waals surface area contributed by atoms with Crippen molar-refractivity contribution < 1.29 is 13.2 Å². The topological polar surface area (TPSA) is 69.4 Å². The van der Waals surface area contributed by atoms with Gasteiger partial charge in [0.1, 0.15) is 26.7 Å². The van der Waals surface area contributed by atoms with Crippen LogP contribution < -0.4 is 10.5 Å². The van der Waals surface area contributed by atoms with Crippen LogP contribution in [0.5, 0.6) is 5.75 Å². The van der Waals surface area contributed by atoms with Crippen molar-refractivity contribution in [2.75, 3.05) is 6.26 Å². The van der Waals surface area contributed by atoms with E-state index in [0.717, 1.165) is 12.8 Å². The fourth-order valence-corrected chi connectivity index (χ4v) is 4.04. The highest BCUT2D eigenvalue weighted by Gasteiger charge is 2.30. The Morgan fingerprint density at radius 2 is 2.14 bits per heavy atom. The second-order valence-electron chi connectivity index (χ2n) is 5.37. The molecule has 0 heterocycles. The highest BCUT2D eigenvalue weighted by Crippen LogP contribution is 2.31. The van der Waals surface area contributed by atoms with Crippen molar-refractivity contribution in [3.63, 3.8) is 0 Å². The number of sulfone groups is 1. The normalized spacial score (nSPS) is 22.8. The van der Waals surface area contributed by atoms with Gasteiger partial charge < -0.3 is 10.5 Å². The second-order valence-corrected chi connectivity index (χ2v) is 8.54. The molecule has 21 heavy (non-hydrogen) atoms. The van der Waals surface area contributed by atoms with Crippen LogP contribution in [0.15, 0.2) is 18.2 Å². The molecular formula is C14H18ClNO3S2. The average Bonchev–Trinajstić information content (AvgIpc) is 2.40. The fourth-order valence-electron chi connectivity index (χ4n) is 2.53. The number of benzene rings is 1. The predicted molar refractivity (Wildman–Crippen MR) is 88.9 cm³/mol. The van der Waals surface area contributed by atoms with Crippen molar-refractivity contribution in [3.8, 4) is 5.75 Å². The van der Waals surface area contributed by atoms with E-state index in [9.17, 15) is 8.42 Å². The first-order valence-corrected chi connectivity index (χ1v) is 9.46. The minimum absolute atomic E-state index is 0.133. The van der Waals surface area contributed by atoms with E-state index in [-0.39, 0.29) is 16.3 Å². The van der Waals surface area contributed by atoms with Crippen LogP contribution in [0, 0.1) is 0 Å². The van der Waals surface area contributed by atoms with Crippen molar-refractivity contribution in [2.45, 2.75) is 37.0 Å². The Balaban J connectivity index is 2.09. The molecule has 0 bridgehead atoms. The van der Waals surface area contributed by atoms with Crippen LogP contribution >= 0.6 is 23.8 Å². The van der Waals surface area contributed by atoms with Gasteiger partial charge in [0.05, 0.1) is 10.3 Å². The summed E-state index contributed by atoms with van der Waals surface area (Å²) in [5.74, 6) is 0.538. The van der Waals surface area contributed by atoms with E-state index in [2.05, 4.69) is 0 Å². The van der Waals surface area contributed by atoms with Crippen LogP contribution in [0.1, 0.15) is 31.2 Å². The molecule has 0 saturated heterocycles. The molecule has 7 heteroatoms. The molecule has 2 atom stereocenters. The molecule has 0 aromatic heterocycles. The van der Waals surface area contributed by atoms with E-state index < -0.39 is 9.84 Å². The van der Waals surface area contributed by atoms with Gasteiger partial charge in [0.15, 0.2) is 0 Å². The van der Waals surface area contributed by atoms with E-state index in [4.69, 9.17) is 34.3 Å². The fraction of sp³-hybridized carbons (Fsp3) is 0.500. The van der Waals surface area contributed by atoms with Crippen LogP contribution in [0.2, 0.25) is 5.02 Å². The van der Waals surface area contributed by atoms with Crippen LogP contribution in [-0.2, 0) is 9.84 Å². The summed E-state index contributed by atoms with van der Waals surface area (Å²) >= 11 is 11.1. The van der Waals surface area contributed by atoms with Crippen LogP contribution in [0.4, 0.5) is 0 Å². The highest BCUT2D eigenvalue weighted by molar-refractivity contribution is 7.91. The zero-order valence-corrected chi connectivity index (χ0v) is 14.1. The van der Waals surface area contributed by atoms with E-state index in [1.165, 1.54) is 6.26 Å². The molecule has 2 unspecified atom stereocenters. The third kappa shape index (κ3) is 4.31. The summed E-state index contributed by atoms with van der Waals surface area (Å²) in [6.07, 6.45) is 4.03. The van der Waals surface area contributed by atoms with E-state index in [1.807, 2.05) is 0 Å². The number of ether oxygens (including phenoxy) is 1. The lowest BCUT2D eigenvalue weighted by Gasteiger charge is -2.28. The van der Waals surface area contributed by atoms with Gasteiger partial charge in [-0.15, -0.1) is 0 Å². The quantitative estimate of drug-likeness (QED) is 0.848. The lowest BCUT2D eigenvalue weighted by atomic mass is 9.97. The largest absolute Gasteiger partial charge is 0.489 e. The number of nitrogens with two attached hydrogens (primary N) is 1. The minimum Gasteiger partial charge on any atom is -0.489 e. The zero-order chi connectivity index (χ0) is 15.6. The summed E-state index contributed by atoms with van der Waals surface area (Å²) in [5.41, 5.74) is 6.23. The van der Waals surface area contributed by atoms with Crippen molar-refractivity contribution in [2.24, 2.45) is 5.73 Å². The van der Waals surface area contributed by atoms with Gasteiger partial charge in [-0.1, -0.05) is 23.8 Å². The van der Waals surface area contributed by atoms with E-state index in [1.54, 1.807) is 18.2 Å². The summed E-state index contributed by atoms with van der Waals surface area (Å²) in [6.45, 7) is 0. The summed E-state index contributed by atoms with van der Waals surface area (Å²) in [4.78, 5) is 0.276. The van der Waals surface area contributed by atoms with Crippen molar-refractivity contribution in [1.29, 1.82) is 0 Å². The zero-order valence-electron chi connectivity index (χ0n) is 11.7. The highest BCUT2D eigenvalue weighted by atomic mass is 35.5. The van der Waals surface area contributed by atoms with Crippen LogP contribution in [-0.4, -0.2) is 31.0 Å². The maximum atomic E-state index is 11.7. The third-order valence-corrected chi connectivity index (χ3v) is 5.86. The second kappa shape index (κ2) is 6.50. The van der Waals surface area contributed by atoms with Gasteiger partial charge in [0, 0.05) is 18.2 Å². The Hall–Kier alpha value is -0.850. The molecule has 2 rings (SSSR count).